The molecule has 26 heavy (non-hydrogen) atoms. The summed E-state index contributed by atoms with van der Waals surface area (Å²) in [4.78, 5) is 0. The number of tetrazole rings is 1. The molecule has 2 N–H and O–H groups in total. The second-order valence-electron chi connectivity index (χ2n) is 5.95. The van der Waals surface area contributed by atoms with Crippen molar-refractivity contribution in [1.29, 1.82) is 5.26 Å². The number of allylic oxidation sites excluding steroid dienone is 1. The normalized spacial score (nSPS) is 11.2. The Balaban J connectivity index is 1.78. The van der Waals surface area contributed by atoms with E-state index in [1.54, 1.807) is 29.8 Å². The number of rotatable bonds is 6. The number of nitriles is 1. The van der Waals surface area contributed by atoms with E-state index in [2.05, 4.69) is 21.6 Å². The van der Waals surface area contributed by atoms with Crippen molar-refractivity contribution in [3.8, 4) is 17.6 Å². The van der Waals surface area contributed by atoms with Gasteiger partial charge in [0.05, 0.1) is 19.0 Å². The van der Waals surface area contributed by atoms with Gasteiger partial charge >= 0.3 is 0 Å². The lowest BCUT2D eigenvalue weighted by Gasteiger charge is -2.11. The van der Waals surface area contributed by atoms with Crippen LogP contribution in [0.4, 0.5) is 0 Å². The van der Waals surface area contributed by atoms with Crippen LogP contribution in [0, 0.1) is 18.3 Å². The van der Waals surface area contributed by atoms with Crippen LogP contribution >= 0.6 is 0 Å². The fraction of sp³-hybridized carbons (Fsp3) is 0.263. The van der Waals surface area contributed by atoms with Crippen molar-refractivity contribution in [2.75, 3.05) is 0 Å². The second-order valence-corrected chi connectivity index (χ2v) is 5.95. The third kappa shape index (κ3) is 3.35. The average molecular weight is 349 g/mol. The summed E-state index contributed by atoms with van der Waals surface area (Å²) in [5.74, 6) is 1.05. The molecule has 1 aromatic heterocycles. The van der Waals surface area contributed by atoms with Crippen LogP contribution in [0.25, 0.3) is 16.8 Å². The maximum atomic E-state index is 10.5. The van der Waals surface area contributed by atoms with E-state index in [-0.39, 0.29) is 11.5 Å². The smallest absolute Gasteiger partial charge is 0.151 e. The van der Waals surface area contributed by atoms with Gasteiger partial charge < -0.3 is 10.2 Å². The molecule has 0 radical (unpaired) electrons. The number of aromatic nitrogens is 4. The quantitative estimate of drug-likeness (QED) is 0.662. The predicted molar refractivity (Wildman–Crippen MR) is 97.4 cm³/mol. The highest BCUT2D eigenvalue weighted by Gasteiger charge is 2.13. The van der Waals surface area contributed by atoms with Crippen molar-refractivity contribution < 1.29 is 10.2 Å². The number of hydrogen-bond acceptors (Lipinski definition) is 6. The topological polar surface area (TPSA) is 108 Å². The van der Waals surface area contributed by atoms with Crippen molar-refractivity contribution in [2.24, 2.45) is 0 Å². The minimum Gasteiger partial charge on any atom is -0.507 e. The molecule has 7 nitrogen and oxygen atoms in total. The lowest BCUT2D eigenvalue weighted by molar-refractivity contribution is 0.465. The molecule has 0 unspecified atom stereocenters. The molecule has 0 aliphatic carbocycles. The summed E-state index contributed by atoms with van der Waals surface area (Å²) in [6.45, 7) is 2.25. The standard InChI is InChI=1S/C19H19N5O2/c1-13-14(19(26)16-9-3-2-8-15(16)18(13)25)7-4-5-10-17-21-22-23-24(17)12-6-11-20/h2-4,7-9,25-26H,5-6,10,12H2,1H3/b7-4+. The van der Waals surface area contributed by atoms with Crippen molar-refractivity contribution in [3.05, 3.63) is 47.3 Å². The molecule has 0 saturated heterocycles. The molecule has 0 aliphatic rings. The summed E-state index contributed by atoms with van der Waals surface area (Å²) in [7, 11) is 0. The monoisotopic (exact) mass is 349 g/mol. The lowest BCUT2D eigenvalue weighted by Crippen LogP contribution is -2.05. The molecule has 0 aliphatic heterocycles. The zero-order chi connectivity index (χ0) is 18.5. The first-order valence-electron chi connectivity index (χ1n) is 8.35. The molecule has 3 aromatic rings. The van der Waals surface area contributed by atoms with E-state index in [9.17, 15) is 10.2 Å². The molecule has 3 rings (SSSR count). The molecule has 0 amide bonds. The number of aromatic hydroxyl groups is 2. The predicted octanol–water partition coefficient (Wildman–Crippen LogP) is 3.11. The van der Waals surface area contributed by atoms with Crippen molar-refractivity contribution in [1.82, 2.24) is 20.2 Å². The van der Waals surface area contributed by atoms with Crippen LogP contribution in [0.15, 0.2) is 30.3 Å². The van der Waals surface area contributed by atoms with Crippen LogP contribution in [0.3, 0.4) is 0 Å². The molecule has 132 valence electrons. The van der Waals surface area contributed by atoms with E-state index in [1.165, 1.54) is 0 Å². The molecular formula is C19H19N5O2. The maximum absolute atomic E-state index is 10.5. The molecule has 0 bridgehead atoms. The Morgan fingerprint density at radius 3 is 2.65 bits per heavy atom. The van der Waals surface area contributed by atoms with Gasteiger partial charge in [0.15, 0.2) is 5.82 Å². The average Bonchev–Trinajstić information content (AvgIpc) is 3.11. The lowest BCUT2D eigenvalue weighted by atomic mass is 9.98. The third-order valence-electron chi connectivity index (χ3n) is 4.31. The fourth-order valence-electron chi connectivity index (χ4n) is 2.90. The Labute approximate surface area is 150 Å². The number of aryl methyl sites for hydroxylation is 2. The molecular weight excluding hydrogens is 330 g/mol. The molecule has 0 fully saturated rings. The van der Waals surface area contributed by atoms with Gasteiger partial charge in [0, 0.05) is 28.3 Å². The summed E-state index contributed by atoms with van der Waals surface area (Å²) in [5.41, 5.74) is 1.24. The van der Waals surface area contributed by atoms with E-state index in [4.69, 9.17) is 5.26 Å². The van der Waals surface area contributed by atoms with Crippen molar-refractivity contribution in [3.63, 3.8) is 0 Å². The highest BCUT2D eigenvalue weighted by molar-refractivity contribution is 5.97. The number of phenols is 2. The van der Waals surface area contributed by atoms with Gasteiger partial charge in [-0.15, -0.1) is 5.10 Å². The van der Waals surface area contributed by atoms with Gasteiger partial charge in [-0.3, -0.25) is 0 Å². The summed E-state index contributed by atoms with van der Waals surface area (Å²) in [5, 5.41) is 42.3. The summed E-state index contributed by atoms with van der Waals surface area (Å²) < 4.78 is 1.63. The Morgan fingerprint density at radius 1 is 1.19 bits per heavy atom. The SMILES string of the molecule is Cc1c(/C=C/CCc2nnnn2CCC#N)c(O)c2ccccc2c1O. The van der Waals surface area contributed by atoms with Gasteiger partial charge in [0.2, 0.25) is 0 Å². The first kappa shape index (κ1) is 17.4. The number of benzene rings is 2. The van der Waals surface area contributed by atoms with E-state index in [1.807, 2.05) is 18.2 Å². The number of hydrogen-bond donors (Lipinski definition) is 2. The summed E-state index contributed by atoms with van der Waals surface area (Å²) in [6, 6.07) is 9.29. The Bertz CT molecular complexity index is 1000. The number of fused-ring (bicyclic) bond motifs is 1. The van der Waals surface area contributed by atoms with Gasteiger partial charge in [0.25, 0.3) is 0 Å². The Kier molecular flexibility index (Phi) is 5.13. The number of nitrogens with zero attached hydrogens (tertiary/aromatic N) is 5. The van der Waals surface area contributed by atoms with Gasteiger partial charge in [0.1, 0.15) is 11.5 Å². The molecule has 0 atom stereocenters. The Hall–Kier alpha value is -3.40. The van der Waals surface area contributed by atoms with Crippen LogP contribution in [-0.2, 0) is 13.0 Å². The van der Waals surface area contributed by atoms with Crippen molar-refractivity contribution in [2.45, 2.75) is 32.7 Å². The molecule has 2 aromatic carbocycles. The Morgan fingerprint density at radius 2 is 1.92 bits per heavy atom. The van der Waals surface area contributed by atoms with E-state index >= 15 is 0 Å². The van der Waals surface area contributed by atoms with Crippen LogP contribution in [-0.4, -0.2) is 30.4 Å². The second kappa shape index (κ2) is 7.66. The van der Waals surface area contributed by atoms with Gasteiger partial charge in [-0.25, -0.2) is 4.68 Å². The van der Waals surface area contributed by atoms with E-state index in [0.29, 0.717) is 53.5 Å². The maximum Gasteiger partial charge on any atom is 0.151 e. The van der Waals surface area contributed by atoms with E-state index < -0.39 is 0 Å². The molecule has 0 spiro atoms. The molecule has 0 saturated carbocycles. The third-order valence-corrected chi connectivity index (χ3v) is 4.31. The van der Waals surface area contributed by atoms with E-state index in [0.717, 1.165) is 0 Å². The summed E-state index contributed by atoms with van der Waals surface area (Å²) in [6.07, 6.45) is 5.37. The fourth-order valence-corrected chi connectivity index (χ4v) is 2.90. The van der Waals surface area contributed by atoms with Crippen LogP contribution in [0.5, 0.6) is 11.5 Å². The first-order valence-corrected chi connectivity index (χ1v) is 8.35. The van der Waals surface area contributed by atoms with Crippen LogP contribution < -0.4 is 0 Å². The number of phenolic OH excluding ortho intramolecular Hbond substituents is 2. The molecule has 1 heterocycles. The minimum atomic E-state index is 0.158. The zero-order valence-corrected chi connectivity index (χ0v) is 14.4. The minimum absolute atomic E-state index is 0.158. The first-order chi connectivity index (χ1) is 12.6. The van der Waals surface area contributed by atoms with Gasteiger partial charge in [-0.1, -0.05) is 36.4 Å². The highest BCUT2D eigenvalue weighted by atomic mass is 16.3. The van der Waals surface area contributed by atoms with Crippen molar-refractivity contribution >= 4 is 16.8 Å². The van der Waals surface area contributed by atoms with Crippen LogP contribution in [0.1, 0.15) is 29.8 Å². The van der Waals surface area contributed by atoms with Gasteiger partial charge in [-0.2, -0.15) is 5.26 Å². The highest BCUT2D eigenvalue weighted by Crippen LogP contribution is 2.39. The van der Waals surface area contributed by atoms with Crippen LogP contribution in [0.2, 0.25) is 0 Å². The largest absolute Gasteiger partial charge is 0.507 e. The summed E-state index contributed by atoms with van der Waals surface area (Å²) >= 11 is 0. The molecule has 7 heteroatoms. The zero-order valence-electron chi connectivity index (χ0n) is 14.4. The van der Waals surface area contributed by atoms with Gasteiger partial charge in [-0.05, 0) is 23.8 Å².